The highest BCUT2D eigenvalue weighted by atomic mass is 16.5. The van der Waals surface area contributed by atoms with Gasteiger partial charge in [-0.2, -0.15) is 0 Å². The summed E-state index contributed by atoms with van der Waals surface area (Å²) in [7, 11) is 3.05. The van der Waals surface area contributed by atoms with Crippen LogP contribution < -0.4 is 15.2 Å². The minimum Gasteiger partial charge on any atom is -0.497 e. The number of aromatic nitrogens is 2. The van der Waals surface area contributed by atoms with Crippen LogP contribution in [0.25, 0.3) is 0 Å². The van der Waals surface area contributed by atoms with E-state index >= 15 is 0 Å². The third-order valence-electron chi connectivity index (χ3n) is 2.65. The van der Waals surface area contributed by atoms with Crippen molar-refractivity contribution in [1.82, 2.24) is 9.97 Å². The van der Waals surface area contributed by atoms with E-state index in [4.69, 9.17) is 9.47 Å². The normalized spacial score (nSPS) is 12.2. The summed E-state index contributed by atoms with van der Waals surface area (Å²) >= 11 is 0. The first-order valence-electron chi connectivity index (χ1n) is 5.33. The molecule has 6 heteroatoms. The third kappa shape index (κ3) is 2.23. The second-order valence-electron chi connectivity index (χ2n) is 3.71. The van der Waals surface area contributed by atoms with Crippen molar-refractivity contribution in [2.45, 2.75) is 6.10 Å². The zero-order valence-corrected chi connectivity index (χ0v) is 10.1. The summed E-state index contributed by atoms with van der Waals surface area (Å²) in [6.45, 7) is 0. The summed E-state index contributed by atoms with van der Waals surface area (Å²) in [4.78, 5) is 16.0. The topological polar surface area (TPSA) is 87.3 Å². The largest absolute Gasteiger partial charge is 0.497 e. The minimum absolute atomic E-state index is 0.364. The van der Waals surface area contributed by atoms with Gasteiger partial charge in [0, 0.05) is 17.8 Å². The number of benzene rings is 1. The first-order valence-corrected chi connectivity index (χ1v) is 5.33. The van der Waals surface area contributed by atoms with E-state index in [1.807, 2.05) is 0 Å². The number of rotatable bonds is 4. The van der Waals surface area contributed by atoms with Crippen molar-refractivity contribution in [1.29, 1.82) is 0 Å². The summed E-state index contributed by atoms with van der Waals surface area (Å²) in [5.74, 6) is 1.12. The quantitative estimate of drug-likeness (QED) is 0.749. The maximum atomic E-state index is 11.0. The van der Waals surface area contributed by atoms with Gasteiger partial charge in [-0.1, -0.05) is 0 Å². The molecule has 0 spiro atoms. The summed E-state index contributed by atoms with van der Waals surface area (Å²) in [6, 6.07) is 5.07. The van der Waals surface area contributed by atoms with Gasteiger partial charge in [-0.05, 0) is 12.1 Å². The average molecular weight is 250 g/mol. The molecule has 0 radical (unpaired) electrons. The summed E-state index contributed by atoms with van der Waals surface area (Å²) in [5, 5.41) is 10.2. The molecule has 0 aliphatic rings. The van der Waals surface area contributed by atoms with Crippen LogP contribution in [0, 0.1) is 0 Å². The van der Waals surface area contributed by atoms with Crippen molar-refractivity contribution in [2.75, 3.05) is 14.2 Å². The van der Waals surface area contributed by atoms with E-state index in [0.717, 1.165) is 0 Å². The van der Waals surface area contributed by atoms with E-state index in [1.165, 1.54) is 13.3 Å². The van der Waals surface area contributed by atoms with Crippen LogP contribution in [0.1, 0.15) is 17.4 Å². The first-order chi connectivity index (χ1) is 8.65. The molecule has 0 aliphatic carbocycles. The molecule has 0 amide bonds. The standard InChI is InChI=1S/C12H14N2O4/c1-17-7-3-4-8(10(5-7)18-2)11(15)9-6-13-12(16)14-9/h3-6,11,15H,1-2H3,(H2,13,14,16). The van der Waals surface area contributed by atoms with Crippen molar-refractivity contribution in [3.8, 4) is 11.5 Å². The number of nitrogens with one attached hydrogen (secondary N) is 2. The van der Waals surface area contributed by atoms with Crippen molar-refractivity contribution >= 4 is 0 Å². The predicted molar refractivity (Wildman–Crippen MR) is 65.0 cm³/mol. The Morgan fingerprint density at radius 3 is 2.61 bits per heavy atom. The maximum absolute atomic E-state index is 11.0. The van der Waals surface area contributed by atoms with Gasteiger partial charge in [0.2, 0.25) is 0 Å². The molecule has 1 aromatic carbocycles. The number of hydrogen-bond acceptors (Lipinski definition) is 4. The fraction of sp³-hybridized carbons (Fsp3) is 0.250. The molecule has 3 N–H and O–H groups in total. The summed E-state index contributed by atoms with van der Waals surface area (Å²) < 4.78 is 10.3. The Bertz CT molecular complexity index is 588. The molecule has 1 aromatic heterocycles. The van der Waals surface area contributed by atoms with Gasteiger partial charge in [-0.15, -0.1) is 0 Å². The molecule has 0 saturated carbocycles. The monoisotopic (exact) mass is 250 g/mol. The SMILES string of the molecule is COc1ccc(C(O)c2c[nH]c(=O)[nH]2)c(OC)c1. The van der Waals surface area contributed by atoms with E-state index in [2.05, 4.69) is 9.97 Å². The van der Waals surface area contributed by atoms with E-state index in [1.54, 1.807) is 25.3 Å². The molecule has 2 aromatic rings. The van der Waals surface area contributed by atoms with Crippen molar-refractivity contribution in [2.24, 2.45) is 0 Å². The number of aliphatic hydroxyl groups is 1. The molecule has 0 aliphatic heterocycles. The van der Waals surface area contributed by atoms with E-state index in [-0.39, 0.29) is 5.69 Å². The second kappa shape index (κ2) is 4.97. The van der Waals surface area contributed by atoms with Crippen LogP contribution in [0.2, 0.25) is 0 Å². The molecule has 1 heterocycles. The lowest BCUT2D eigenvalue weighted by Crippen LogP contribution is -2.06. The van der Waals surface area contributed by atoms with Gasteiger partial charge < -0.3 is 24.5 Å². The molecular formula is C12H14N2O4. The molecule has 18 heavy (non-hydrogen) atoms. The lowest BCUT2D eigenvalue weighted by molar-refractivity contribution is 0.210. The van der Waals surface area contributed by atoms with Crippen molar-refractivity contribution in [3.05, 3.63) is 46.1 Å². The first kappa shape index (κ1) is 12.3. The number of ether oxygens (including phenoxy) is 2. The predicted octanol–water partition coefficient (Wildman–Crippen LogP) is 0.802. The zero-order chi connectivity index (χ0) is 13.1. The number of H-pyrrole nitrogens is 2. The number of imidazole rings is 1. The van der Waals surface area contributed by atoms with E-state index in [0.29, 0.717) is 22.8 Å². The van der Waals surface area contributed by atoms with Crippen LogP contribution in [-0.2, 0) is 0 Å². The lowest BCUT2D eigenvalue weighted by atomic mass is 10.1. The fourth-order valence-corrected chi connectivity index (χ4v) is 1.71. The van der Waals surface area contributed by atoms with Gasteiger partial charge in [0.05, 0.1) is 19.9 Å². The summed E-state index contributed by atoms with van der Waals surface area (Å²) in [5.41, 5.74) is 0.563. The molecule has 96 valence electrons. The molecule has 1 unspecified atom stereocenters. The van der Waals surface area contributed by atoms with Crippen LogP contribution in [0.15, 0.2) is 29.2 Å². The highest BCUT2D eigenvalue weighted by Crippen LogP contribution is 2.31. The highest BCUT2D eigenvalue weighted by molar-refractivity contribution is 5.43. The van der Waals surface area contributed by atoms with Gasteiger partial charge in [0.25, 0.3) is 0 Å². The second-order valence-corrected chi connectivity index (χ2v) is 3.71. The number of methoxy groups -OCH3 is 2. The molecular weight excluding hydrogens is 236 g/mol. The third-order valence-corrected chi connectivity index (χ3v) is 2.65. The highest BCUT2D eigenvalue weighted by Gasteiger charge is 2.17. The fourth-order valence-electron chi connectivity index (χ4n) is 1.71. The Morgan fingerprint density at radius 1 is 1.28 bits per heavy atom. The molecule has 0 saturated heterocycles. The van der Waals surface area contributed by atoms with Crippen LogP contribution in [0.5, 0.6) is 11.5 Å². The molecule has 0 fully saturated rings. The Labute approximate surface area is 103 Å². The molecule has 6 nitrogen and oxygen atoms in total. The van der Waals surface area contributed by atoms with Gasteiger partial charge in [0.15, 0.2) is 0 Å². The smallest absolute Gasteiger partial charge is 0.323 e. The van der Waals surface area contributed by atoms with E-state index < -0.39 is 6.10 Å². The number of aromatic amines is 2. The lowest BCUT2D eigenvalue weighted by Gasteiger charge is -2.14. The Kier molecular flexibility index (Phi) is 3.38. The van der Waals surface area contributed by atoms with Crippen molar-refractivity contribution < 1.29 is 14.6 Å². The van der Waals surface area contributed by atoms with Crippen LogP contribution in [0.3, 0.4) is 0 Å². The van der Waals surface area contributed by atoms with Crippen molar-refractivity contribution in [3.63, 3.8) is 0 Å². The average Bonchev–Trinajstić information content (AvgIpc) is 2.83. The van der Waals surface area contributed by atoms with Crippen LogP contribution in [0.4, 0.5) is 0 Å². The molecule has 1 atom stereocenters. The molecule has 0 bridgehead atoms. The van der Waals surface area contributed by atoms with Gasteiger partial charge >= 0.3 is 5.69 Å². The van der Waals surface area contributed by atoms with Gasteiger partial charge in [0.1, 0.15) is 17.6 Å². The Balaban J connectivity index is 2.40. The molecule has 2 rings (SSSR count). The Morgan fingerprint density at radius 2 is 2.06 bits per heavy atom. The van der Waals surface area contributed by atoms with E-state index in [9.17, 15) is 9.90 Å². The van der Waals surface area contributed by atoms with Crippen LogP contribution in [-0.4, -0.2) is 29.3 Å². The zero-order valence-electron chi connectivity index (χ0n) is 10.1. The number of hydrogen-bond donors (Lipinski definition) is 3. The number of aliphatic hydroxyl groups excluding tert-OH is 1. The van der Waals surface area contributed by atoms with Crippen LogP contribution >= 0.6 is 0 Å². The van der Waals surface area contributed by atoms with Gasteiger partial charge in [-0.25, -0.2) is 4.79 Å². The van der Waals surface area contributed by atoms with Gasteiger partial charge in [-0.3, -0.25) is 0 Å². The Hall–Kier alpha value is -2.21. The summed E-state index contributed by atoms with van der Waals surface area (Å²) in [6.07, 6.45) is 0.459. The maximum Gasteiger partial charge on any atom is 0.323 e. The minimum atomic E-state index is -0.968.